The second-order valence-corrected chi connectivity index (χ2v) is 13.4. The van der Waals surface area contributed by atoms with Crippen molar-refractivity contribution in [2.24, 2.45) is 0 Å². The molecule has 0 saturated carbocycles. The number of hydrogen-bond donors (Lipinski definition) is 0. The second kappa shape index (κ2) is 22.0. The number of rotatable bonds is 22. The molecular weight excluding hydrogens is 784 g/mol. The van der Waals surface area contributed by atoms with Gasteiger partial charge in [0.2, 0.25) is 0 Å². The number of aromatic nitrogens is 2. The van der Waals surface area contributed by atoms with E-state index in [0.29, 0.717) is 18.8 Å². The minimum Gasteiger partial charge on any atom is -1.00 e. The molecule has 3 aromatic rings. The second-order valence-electron chi connectivity index (χ2n) is 13.4. The number of nitro benzene ring substituents is 2. The Kier molecular flexibility index (Phi) is 19.8. The summed E-state index contributed by atoms with van der Waals surface area (Å²) in [5.74, 6) is 0. The van der Waals surface area contributed by atoms with E-state index in [2.05, 4.69) is 27.7 Å². The van der Waals surface area contributed by atoms with Gasteiger partial charge in [0.1, 0.15) is 13.1 Å². The van der Waals surface area contributed by atoms with Crippen LogP contribution in [-0.4, -0.2) is 67.2 Å². The van der Waals surface area contributed by atoms with Crippen molar-refractivity contribution in [3.05, 3.63) is 112 Å². The number of quaternary nitrogens is 2. The summed E-state index contributed by atoms with van der Waals surface area (Å²) in [4.78, 5) is 47.5. The highest BCUT2D eigenvalue weighted by Crippen LogP contribution is 2.21. The standard InChI is InChI=1S/C37H56N6O6.2BrH/c1-6-42(7-2,29-32-16-20-34(21-17-32)40(46)47)26-14-10-12-24-38-31(5)28-36(44)39(37(38)45)25-13-11-15-27-43(8-3,9-4)30-33-18-22-35(23-19-33)41(48)49;;/h16-23,28H,6-15,24-27,29-30H2,1-5H3;2*1H/q+2;;/p-2. The summed E-state index contributed by atoms with van der Waals surface area (Å²) >= 11 is 0. The molecule has 14 heteroatoms. The van der Waals surface area contributed by atoms with Crippen molar-refractivity contribution in [1.29, 1.82) is 0 Å². The smallest absolute Gasteiger partial charge is 0.331 e. The van der Waals surface area contributed by atoms with E-state index in [0.717, 1.165) is 111 Å². The molecule has 0 saturated heterocycles. The first-order valence-corrected chi connectivity index (χ1v) is 17.9. The highest BCUT2D eigenvalue weighted by atomic mass is 79.9. The molecule has 51 heavy (non-hydrogen) atoms. The van der Waals surface area contributed by atoms with Gasteiger partial charge in [0.15, 0.2) is 0 Å². The highest BCUT2D eigenvalue weighted by molar-refractivity contribution is 5.33. The molecule has 0 spiro atoms. The molecule has 0 atom stereocenters. The van der Waals surface area contributed by atoms with Crippen molar-refractivity contribution in [1.82, 2.24) is 9.13 Å². The van der Waals surface area contributed by atoms with Gasteiger partial charge >= 0.3 is 5.69 Å². The molecule has 2 aromatic carbocycles. The van der Waals surface area contributed by atoms with E-state index in [-0.39, 0.29) is 66.4 Å². The van der Waals surface area contributed by atoms with Gasteiger partial charge in [0.25, 0.3) is 16.9 Å². The molecule has 0 bridgehead atoms. The summed E-state index contributed by atoms with van der Waals surface area (Å²) in [5, 5.41) is 22.1. The van der Waals surface area contributed by atoms with Crippen LogP contribution in [0.4, 0.5) is 11.4 Å². The van der Waals surface area contributed by atoms with Gasteiger partial charge in [-0.25, -0.2) is 4.79 Å². The molecule has 3 rings (SSSR count). The fraction of sp³-hybridized carbons (Fsp3) is 0.568. The van der Waals surface area contributed by atoms with Gasteiger partial charge in [0, 0.05) is 60.2 Å². The third-order valence-electron chi connectivity index (χ3n) is 10.5. The lowest BCUT2D eigenvalue weighted by Gasteiger charge is -2.37. The van der Waals surface area contributed by atoms with Crippen LogP contribution in [0.3, 0.4) is 0 Å². The number of unbranched alkanes of at least 4 members (excludes halogenated alkanes) is 4. The number of benzene rings is 2. The van der Waals surface area contributed by atoms with Crippen LogP contribution in [0, 0.1) is 27.2 Å². The molecular formula is C37H56Br2N6O6. The molecule has 0 amide bonds. The first-order valence-electron chi connectivity index (χ1n) is 17.9. The Morgan fingerprint density at radius 2 is 0.961 bits per heavy atom. The topological polar surface area (TPSA) is 130 Å². The zero-order valence-corrected chi connectivity index (χ0v) is 34.1. The summed E-state index contributed by atoms with van der Waals surface area (Å²) in [6.07, 6.45) is 5.40. The minimum absolute atomic E-state index is 0. The van der Waals surface area contributed by atoms with Crippen LogP contribution in [0.1, 0.15) is 83.0 Å². The van der Waals surface area contributed by atoms with Crippen LogP contribution in [-0.2, 0) is 26.2 Å². The lowest BCUT2D eigenvalue weighted by atomic mass is 10.1. The third kappa shape index (κ3) is 13.1. The van der Waals surface area contributed by atoms with E-state index >= 15 is 0 Å². The third-order valence-corrected chi connectivity index (χ3v) is 10.5. The van der Waals surface area contributed by atoms with Gasteiger partial charge < -0.3 is 42.9 Å². The molecule has 0 aliphatic heterocycles. The summed E-state index contributed by atoms with van der Waals surface area (Å²) < 4.78 is 4.89. The van der Waals surface area contributed by atoms with Gasteiger partial charge in [-0.15, -0.1) is 0 Å². The van der Waals surface area contributed by atoms with Gasteiger partial charge in [-0.05, 0) is 97.4 Å². The highest BCUT2D eigenvalue weighted by Gasteiger charge is 2.25. The lowest BCUT2D eigenvalue weighted by Crippen LogP contribution is -3.00. The maximum Gasteiger partial charge on any atom is 0.331 e. The normalized spacial score (nSPS) is 11.5. The first-order chi connectivity index (χ1) is 23.4. The van der Waals surface area contributed by atoms with Crippen molar-refractivity contribution in [2.75, 3.05) is 39.3 Å². The Morgan fingerprint density at radius 3 is 1.31 bits per heavy atom. The largest absolute Gasteiger partial charge is 1.00 e. The fourth-order valence-corrected chi connectivity index (χ4v) is 6.90. The Labute approximate surface area is 323 Å². The zero-order chi connectivity index (χ0) is 36.0. The van der Waals surface area contributed by atoms with Crippen molar-refractivity contribution in [2.45, 2.75) is 99.3 Å². The van der Waals surface area contributed by atoms with Crippen molar-refractivity contribution < 1.29 is 52.8 Å². The predicted octanol–water partition coefficient (Wildman–Crippen LogP) is 0.597. The monoisotopic (exact) mass is 838 g/mol. The van der Waals surface area contributed by atoms with Crippen molar-refractivity contribution >= 4 is 11.4 Å². The quantitative estimate of drug-likeness (QED) is 0.0631. The van der Waals surface area contributed by atoms with Gasteiger partial charge in [-0.3, -0.25) is 34.2 Å². The van der Waals surface area contributed by atoms with E-state index in [1.54, 1.807) is 34.9 Å². The van der Waals surface area contributed by atoms with Gasteiger partial charge in [-0.2, -0.15) is 0 Å². The summed E-state index contributed by atoms with van der Waals surface area (Å²) in [6.45, 7) is 18.9. The van der Waals surface area contributed by atoms with Crippen LogP contribution in [0.2, 0.25) is 0 Å². The van der Waals surface area contributed by atoms with E-state index in [9.17, 15) is 29.8 Å². The van der Waals surface area contributed by atoms with Gasteiger partial charge in [0.05, 0.1) is 49.1 Å². The Hall–Kier alpha value is -3.20. The Balaban J connectivity index is 0.00000650. The average Bonchev–Trinajstić information content (AvgIpc) is 3.09. The predicted molar refractivity (Wildman–Crippen MR) is 193 cm³/mol. The number of non-ortho nitro benzene ring substituents is 2. The molecule has 1 heterocycles. The SMILES string of the molecule is CC[N+](CC)(CCCCCn1c(C)cc(=O)n(CCCCC[N+](CC)(CC)Cc2ccc([N+](=O)[O-])cc2)c1=O)Cc1ccc([N+](=O)[O-])cc1.[Br-].[Br-]. The number of nitro groups is 2. The Morgan fingerprint density at radius 1 is 0.588 bits per heavy atom. The van der Waals surface area contributed by atoms with Crippen LogP contribution < -0.4 is 45.2 Å². The summed E-state index contributed by atoms with van der Waals surface area (Å²) in [6, 6.07) is 15.3. The summed E-state index contributed by atoms with van der Waals surface area (Å²) in [5.41, 5.74) is 2.59. The van der Waals surface area contributed by atoms with Crippen LogP contribution in [0.15, 0.2) is 64.2 Å². The number of nitrogens with zero attached hydrogens (tertiary/aromatic N) is 6. The molecule has 0 unspecified atom stereocenters. The van der Waals surface area contributed by atoms with E-state index in [1.807, 2.05) is 31.2 Å². The van der Waals surface area contributed by atoms with Gasteiger partial charge in [-0.1, -0.05) is 0 Å². The molecule has 0 N–H and O–H groups in total. The molecule has 0 fully saturated rings. The van der Waals surface area contributed by atoms with Crippen LogP contribution in [0.5, 0.6) is 0 Å². The van der Waals surface area contributed by atoms with E-state index in [4.69, 9.17) is 0 Å². The zero-order valence-electron chi connectivity index (χ0n) is 30.9. The first kappa shape index (κ1) is 45.8. The van der Waals surface area contributed by atoms with Crippen LogP contribution in [0.25, 0.3) is 0 Å². The molecule has 1 aromatic heterocycles. The average molecular weight is 841 g/mol. The van der Waals surface area contributed by atoms with E-state index < -0.39 is 0 Å². The van der Waals surface area contributed by atoms with Crippen molar-refractivity contribution in [3.63, 3.8) is 0 Å². The number of hydrogen-bond acceptors (Lipinski definition) is 6. The number of aryl methyl sites for hydroxylation is 1. The molecule has 12 nitrogen and oxygen atoms in total. The Bertz CT molecular complexity index is 1640. The maximum atomic E-state index is 13.4. The fourth-order valence-electron chi connectivity index (χ4n) is 6.90. The molecule has 0 aliphatic carbocycles. The number of halogens is 2. The maximum absolute atomic E-state index is 13.4. The minimum atomic E-state index is -0.376. The lowest BCUT2D eigenvalue weighted by molar-refractivity contribution is -0.938. The van der Waals surface area contributed by atoms with E-state index in [1.165, 1.54) is 4.57 Å². The molecule has 284 valence electrons. The molecule has 0 radical (unpaired) electrons. The van der Waals surface area contributed by atoms with Crippen LogP contribution >= 0.6 is 0 Å². The molecule has 0 aliphatic rings. The van der Waals surface area contributed by atoms with Crippen molar-refractivity contribution in [3.8, 4) is 0 Å². The summed E-state index contributed by atoms with van der Waals surface area (Å²) in [7, 11) is 0.